The van der Waals surface area contributed by atoms with Gasteiger partial charge in [-0.3, -0.25) is 10.1 Å². The van der Waals surface area contributed by atoms with Gasteiger partial charge in [0.15, 0.2) is 0 Å². The molecular formula is C15H17BrN2O2. The summed E-state index contributed by atoms with van der Waals surface area (Å²) < 4.78 is 0.798. The molecule has 20 heavy (non-hydrogen) atoms. The molecule has 3 fully saturated rings. The van der Waals surface area contributed by atoms with Gasteiger partial charge in [0.1, 0.15) is 0 Å². The van der Waals surface area contributed by atoms with E-state index < -0.39 is 0 Å². The van der Waals surface area contributed by atoms with Crippen LogP contribution >= 0.6 is 15.9 Å². The first-order valence-corrected chi connectivity index (χ1v) is 8.06. The molecule has 0 saturated heterocycles. The van der Waals surface area contributed by atoms with Crippen LogP contribution in [0.4, 0.5) is 11.4 Å². The molecule has 4 rings (SSSR count). The number of nitrogens with one attached hydrogen (secondary N) is 1. The smallest absolute Gasteiger partial charge is 0.273 e. The number of rotatable bonds is 3. The van der Waals surface area contributed by atoms with E-state index in [1.807, 2.05) is 6.07 Å². The van der Waals surface area contributed by atoms with E-state index in [9.17, 15) is 10.1 Å². The zero-order valence-electron chi connectivity index (χ0n) is 11.3. The summed E-state index contributed by atoms with van der Waals surface area (Å²) in [7, 11) is 0. The monoisotopic (exact) mass is 336 g/mol. The number of nitro groups is 1. The van der Waals surface area contributed by atoms with Crippen LogP contribution < -0.4 is 5.32 Å². The third-order valence-electron chi connectivity index (χ3n) is 5.54. The average molecular weight is 337 g/mol. The number of hydrogen-bond acceptors (Lipinski definition) is 3. The summed E-state index contributed by atoms with van der Waals surface area (Å²) in [5.74, 6) is 3.58. The zero-order chi connectivity index (χ0) is 14.0. The SMILES string of the molecule is Cc1cc(NC2C3C4CCC(C4)C23)c(Br)cc1[N+](=O)[O-]. The molecule has 4 unspecified atom stereocenters. The molecule has 3 aliphatic rings. The highest BCUT2D eigenvalue weighted by Crippen LogP contribution is 2.66. The second-order valence-electron chi connectivity index (χ2n) is 6.53. The van der Waals surface area contributed by atoms with E-state index in [0.29, 0.717) is 6.04 Å². The lowest BCUT2D eigenvalue weighted by molar-refractivity contribution is -0.385. The van der Waals surface area contributed by atoms with Crippen LogP contribution in [0, 0.1) is 40.7 Å². The first-order valence-electron chi connectivity index (χ1n) is 7.27. The van der Waals surface area contributed by atoms with Gasteiger partial charge in [0.2, 0.25) is 0 Å². The van der Waals surface area contributed by atoms with Gasteiger partial charge in [0, 0.05) is 27.8 Å². The minimum Gasteiger partial charge on any atom is -0.381 e. The molecule has 3 aliphatic carbocycles. The number of nitro benzene ring substituents is 1. The fourth-order valence-electron chi connectivity index (χ4n) is 4.68. The fourth-order valence-corrected chi connectivity index (χ4v) is 5.12. The summed E-state index contributed by atoms with van der Waals surface area (Å²) in [6.07, 6.45) is 4.25. The van der Waals surface area contributed by atoms with Crippen molar-refractivity contribution >= 4 is 27.3 Å². The summed E-state index contributed by atoms with van der Waals surface area (Å²) in [5.41, 5.74) is 1.90. The Kier molecular flexibility index (Phi) is 2.65. The number of nitrogens with zero attached hydrogens (tertiary/aromatic N) is 1. The molecule has 4 atom stereocenters. The van der Waals surface area contributed by atoms with E-state index in [1.54, 1.807) is 13.0 Å². The topological polar surface area (TPSA) is 55.2 Å². The van der Waals surface area contributed by atoms with E-state index in [-0.39, 0.29) is 10.6 Å². The second-order valence-corrected chi connectivity index (χ2v) is 7.39. The molecule has 0 radical (unpaired) electrons. The van der Waals surface area contributed by atoms with Gasteiger partial charge in [-0.1, -0.05) is 0 Å². The Morgan fingerprint density at radius 3 is 2.55 bits per heavy atom. The highest BCUT2D eigenvalue weighted by Gasteiger charge is 2.65. The average Bonchev–Trinajstić information content (AvgIpc) is 2.80. The number of benzene rings is 1. The molecule has 1 aromatic rings. The summed E-state index contributed by atoms with van der Waals surface area (Å²) in [6, 6.07) is 4.11. The molecule has 0 aromatic heterocycles. The number of fused-ring (bicyclic) bond motifs is 5. The zero-order valence-corrected chi connectivity index (χ0v) is 12.9. The van der Waals surface area contributed by atoms with Gasteiger partial charge in [-0.05, 0) is 71.9 Å². The van der Waals surface area contributed by atoms with Crippen molar-refractivity contribution < 1.29 is 4.92 Å². The standard InChI is InChI=1S/C15H17BrN2O2/c1-7-4-11(10(16)6-12(7)18(19)20)17-15-13-8-2-3-9(5-8)14(13)15/h4,6,8-9,13-15,17H,2-3,5H2,1H3. The van der Waals surface area contributed by atoms with Crippen LogP contribution in [0.25, 0.3) is 0 Å². The molecule has 1 aromatic carbocycles. The molecule has 0 spiro atoms. The minimum atomic E-state index is -0.323. The van der Waals surface area contributed by atoms with Crippen LogP contribution in [0.5, 0.6) is 0 Å². The Labute approximate surface area is 126 Å². The van der Waals surface area contributed by atoms with Crippen LogP contribution in [0.15, 0.2) is 16.6 Å². The molecule has 106 valence electrons. The fraction of sp³-hybridized carbons (Fsp3) is 0.600. The summed E-state index contributed by atoms with van der Waals surface area (Å²) in [4.78, 5) is 10.6. The second kappa shape index (κ2) is 4.20. The van der Waals surface area contributed by atoms with Gasteiger partial charge < -0.3 is 5.32 Å². The first-order chi connectivity index (χ1) is 9.56. The molecule has 0 aliphatic heterocycles. The third-order valence-corrected chi connectivity index (χ3v) is 6.20. The number of hydrogen-bond donors (Lipinski definition) is 1. The van der Waals surface area contributed by atoms with Crippen LogP contribution in [0.2, 0.25) is 0 Å². The van der Waals surface area contributed by atoms with E-state index in [0.717, 1.165) is 39.4 Å². The molecular weight excluding hydrogens is 320 g/mol. The van der Waals surface area contributed by atoms with Crippen molar-refractivity contribution in [2.45, 2.75) is 32.2 Å². The van der Waals surface area contributed by atoms with Gasteiger partial charge in [-0.15, -0.1) is 0 Å². The first kappa shape index (κ1) is 12.6. The lowest BCUT2D eigenvalue weighted by Gasteiger charge is -2.14. The van der Waals surface area contributed by atoms with E-state index in [1.165, 1.54) is 19.3 Å². The maximum atomic E-state index is 10.9. The lowest BCUT2D eigenvalue weighted by Crippen LogP contribution is -2.13. The van der Waals surface area contributed by atoms with Gasteiger partial charge in [-0.2, -0.15) is 0 Å². The Morgan fingerprint density at radius 1 is 1.30 bits per heavy atom. The van der Waals surface area contributed by atoms with Crippen LogP contribution in [-0.2, 0) is 0 Å². The normalized spacial score (nSPS) is 36.8. The summed E-state index contributed by atoms with van der Waals surface area (Å²) in [5, 5.41) is 14.6. The largest absolute Gasteiger partial charge is 0.381 e. The van der Waals surface area contributed by atoms with Crippen molar-refractivity contribution in [2.24, 2.45) is 23.7 Å². The molecule has 0 amide bonds. The van der Waals surface area contributed by atoms with E-state index in [2.05, 4.69) is 21.2 Å². The van der Waals surface area contributed by atoms with Crippen LogP contribution in [0.3, 0.4) is 0 Å². The van der Waals surface area contributed by atoms with Gasteiger partial charge in [0.05, 0.1) is 4.92 Å². The number of aryl methyl sites for hydroxylation is 1. The summed E-state index contributed by atoms with van der Waals surface area (Å²) >= 11 is 3.46. The highest BCUT2D eigenvalue weighted by molar-refractivity contribution is 9.10. The van der Waals surface area contributed by atoms with Gasteiger partial charge >= 0.3 is 0 Å². The predicted octanol–water partition coefficient (Wildman–Crippen LogP) is 4.12. The highest BCUT2D eigenvalue weighted by atomic mass is 79.9. The summed E-state index contributed by atoms with van der Waals surface area (Å²) in [6.45, 7) is 1.80. The predicted molar refractivity (Wildman–Crippen MR) is 80.8 cm³/mol. The lowest BCUT2D eigenvalue weighted by atomic mass is 10.0. The Morgan fingerprint density at radius 2 is 1.95 bits per heavy atom. The molecule has 1 N–H and O–H groups in total. The van der Waals surface area contributed by atoms with Crippen molar-refractivity contribution in [1.82, 2.24) is 0 Å². The van der Waals surface area contributed by atoms with E-state index in [4.69, 9.17) is 0 Å². The molecule has 2 bridgehead atoms. The Bertz CT molecular complexity index is 588. The molecule has 4 nitrogen and oxygen atoms in total. The van der Waals surface area contributed by atoms with Crippen molar-refractivity contribution in [3.8, 4) is 0 Å². The molecule has 0 heterocycles. The quantitative estimate of drug-likeness (QED) is 0.667. The van der Waals surface area contributed by atoms with Crippen molar-refractivity contribution in [3.05, 3.63) is 32.3 Å². The number of anilines is 1. The van der Waals surface area contributed by atoms with E-state index >= 15 is 0 Å². The Hall–Kier alpha value is -1.10. The maximum Gasteiger partial charge on any atom is 0.273 e. The van der Waals surface area contributed by atoms with Crippen LogP contribution in [0.1, 0.15) is 24.8 Å². The third kappa shape index (κ3) is 1.72. The van der Waals surface area contributed by atoms with Gasteiger partial charge in [-0.25, -0.2) is 0 Å². The van der Waals surface area contributed by atoms with Gasteiger partial charge in [0.25, 0.3) is 5.69 Å². The minimum absolute atomic E-state index is 0.179. The van der Waals surface area contributed by atoms with Crippen LogP contribution in [-0.4, -0.2) is 11.0 Å². The molecule has 3 saturated carbocycles. The Balaban J connectivity index is 1.56. The van der Waals surface area contributed by atoms with Crippen molar-refractivity contribution in [3.63, 3.8) is 0 Å². The number of halogens is 1. The molecule has 5 heteroatoms. The maximum absolute atomic E-state index is 10.9. The van der Waals surface area contributed by atoms with Crippen molar-refractivity contribution in [2.75, 3.05) is 5.32 Å². The van der Waals surface area contributed by atoms with Crippen molar-refractivity contribution in [1.29, 1.82) is 0 Å².